The van der Waals surface area contributed by atoms with Gasteiger partial charge in [0.25, 0.3) is 11.4 Å². The Bertz CT molecular complexity index is 570. The molecule has 17 heavy (non-hydrogen) atoms. The Morgan fingerprint density at radius 2 is 1.65 bits per heavy atom. The number of nitro benzene ring substituents is 2. The largest absolute Gasteiger partial charge is 1.00 e. The smallest absolute Gasteiger partial charge is 0.282 e. The predicted molar refractivity (Wildman–Crippen MR) is 49.6 cm³/mol. The molecular formula is C6H4KN2O7S+. The third-order valence-electron chi connectivity index (χ3n) is 1.63. The quantitative estimate of drug-likeness (QED) is 0.286. The van der Waals surface area contributed by atoms with Crippen molar-refractivity contribution in [3.63, 3.8) is 0 Å². The summed E-state index contributed by atoms with van der Waals surface area (Å²) in [6.45, 7) is 0. The van der Waals surface area contributed by atoms with Gasteiger partial charge in [-0.2, -0.15) is 8.42 Å². The third-order valence-corrected chi connectivity index (χ3v) is 2.53. The Kier molecular flexibility index (Phi) is 5.80. The first-order valence-electron chi connectivity index (χ1n) is 3.64. The van der Waals surface area contributed by atoms with Gasteiger partial charge in [-0.05, 0) is 6.07 Å². The van der Waals surface area contributed by atoms with Crippen molar-refractivity contribution >= 4 is 21.5 Å². The summed E-state index contributed by atoms with van der Waals surface area (Å²) in [6.07, 6.45) is 0. The minimum Gasteiger partial charge on any atom is -0.282 e. The maximum atomic E-state index is 10.7. The van der Waals surface area contributed by atoms with Gasteiger partial charge < -0.3 is 0 Å². The zero-order valence-electron chi connectivity index (χ0n) is 8.43. The first kappa shape index (κ1) is 16.6. The molecule has 0 radical (unpaired) electrons. The number of nitro groups is 2. The van der Waals surface area contributed by atoms with Gasteiger partial charge in [0.2, 0.25) is 0 Å². The van der Waals surface area contributed by atoms with Crippen LogP contribution in [0.4, 0.5) is 11.4 Å². The van der Waals surface area contributed by atoms with Gasteiger partial charge in [0.05, 0.1) is 15.9 Å². The average molecular weight is 287 g/mol. The fraction of sp³-hybridized carbons (Fsp3) is 0. The molecule has 86 valence electrons. The van der Waals surface area contributed by atoms with Gasteiger partial charge in [-0.15, -0.1) is 0 Å². The van der Waals surface area contributed by atoms with Crippen LogP contribution in [0.15, 0.2) is 23.1 Å². The molecule has 11 heteroatoms. The molecule has 0 atom stereocenters. The van der Waals surface area contributed by atoms with Gasteiger partial charge in [-0.1, -0.05) is 0 Å². The van der Waals surface area contributed by atoms with Gasteiger partial charge in [0.15, 0.2) is 4.90 Å². The molecule has 0 saturated carbocycles. The summed E-state index contributed by atoms with van der Waals surface area (Å²) in [4.78, 5) is 17.7. The molecule has 1 aromatic rings. The second kappa shape index (κ2) is 5.95. The number of hydrogen-bond donors (Lipinski definition) is 1. The SMILES string of the molecule is O=[N+]([O-])c1ccc(S(=O)(=O)O)c([N+](=O)[O-])c1.[K+]. The van der Waals surface area contributed by atoms with E-state index in [2.05, 4.69) is 0 Å². The molecule has 0 aromatic heterocycles. The predicted octanol–water partition coefficient (Wildman–Crippen LogP) is -2.25. The van der Waals surface area contributed by atoms with Gasteiger partial charge in [0.1, 0.15) is 0 Å². The maximum Gasteiger partial charge on any atom is 1.00 e. The summed E-state index contributed by atoms with van der Waals surface area (Å²) in [5.41, 5.74) is -1.68. The molecule has 0 aliphatic heterocycles. The van der Waals surface area contributed by atoms with E-state index in [9.17, 15) is 28.6 Å². The van der Waals surface area contributed by atoms with Crippen molar-refractivity contribution in [2.75, 3.05) is 0 Å². The van der Waals surface area contributed by atoms with Crippen molar-refractivity contribution in [1.29, 1.82) is 0 Å². The molecule has 1 aromatic carbocycles. The van der Waals surface area contributed by atoms with Crippen LogP contribution in [0.2, 0.25) is 0 Å². The number of nitrogens with zero attached hydrogens (tertiary/aromatic N) is 2. The van der Waals surface area contributed by atoms with Gasteiger partial charge in [0, 0.05) is 6.07 Å². The fourth-order valence-corrected chi connectivity index (χ4v) is 1.62. The van der Waals surface area contributed by atoms with E-state index in [0.29, 0.717) is 12.1 Å². The van der Waals surface area contributed by atoms with Crippen molar-refractivity contribution in [2.45, 2.75) is 4.90 Å². The molecule has 0 aliphatic rings. The summed E-state index contributed by atoms with van der Waals surface area (Å²) >= 11 is 0. The van der Waals surface area contributed by atoms with Crippen LogP contribution in [0, 0.1) is 20.2 Å². The van der Waals surface area contributed by atoms with E-state index < -0.39 is 36.2 Å². The molecule has 0 unspecified atom stereocenters. The molecule has 1 rings (SSSR count). The molecule has 1 N–H and O–H groups in total. The van der Waals surface area contributed by atoms with E-state index in [1.807, 2.05) is 0 Å². The van der Waals surface area contributed by atoms with Crippen molar-refractivity contribution in [2.24, 2.45) is 0 Å². The summed E-state index contributed by atoms with van der Waals surface area (Å²) in [6, 6.07) is 1.81. The van der Waals surface area contributed by atoms with Crippen LogP contribution in [0.25, 0.3) is 0 Å². The number of hydrogen-bond acceptors (Lipinski definition) is 6. The molecule has 0 amide bonds. The van der Waals surface area contributed by atoms with Crippen LogP contribution in [0.5, 0.6) is 0 Å². The van der Waals surface area contributed by atoms with Gasteiger partial charge >= 0.3 is 61.5 Å². The number of rotatable bonds is 3. The monoisotopic (exact) mass is 287 g/mol. The molecule has 0 bridgehead atoms. The van der Waals surface area contributed by atoms with E-state index in [4.69, 9.17) is 4.55 Å². The zero-order chi connectivity index (χ0) is 12.5. The molecule has 0 aliphatic carbocycles. The van der Waals surface area contributed by atoms with Crippen LogP contribution >= 0.6 is 0 Å². The Morgan fingerprint density at radius 3 is 2.00 bits per heavy atom. The van der Waals surface area contributed by atoms with Crippen molar-refractivity contribution in [1.82, 2.24) is 0 Å². The number of non-ortho nitro benzene ring substituents is 1. The molecule has 0 fully saturated rings. The van der Waals surface area contributed by atoms with E-state index in [-0.39, 0.29) is 51.4 Å². The molecule has 0 heterocycles. The molecule has 9 nitrogen and oxygen atoms in total. The molecular weight excluding hydrogens is 283 g/mol. The Labute approximate surface area is 137 Å². The topological polar surface area (TPSA) is 141 Å². The standard InChI is InChI=1S/C6H4N2O7S.K/c9-7(10)4-1-2-6(16(13,14)15)5(3-4)8(11)12;/h1-3H,(H,13,14,15);/q;+1. The van der Waals surface area contributed by atoms with Gasteiger partial charge in [-0.3, -0.25) is 24.8 Å². The maximum absolute atomic E-state index is 10.7. The molecule has 0 spiro atoms. The summed E-state index contributed by atoms with van der Waals surface area (Å²) in [7, 11) is -4.79. The third kappa shape index (κ3) is 4.06. The fourth-order valence-electron chi connectivity index (χ4n) is 0.980. The summed E-state index contributed by atoms with van der Waals surface area (Å²) in [5.74, 6) is 0. The first-order chi connectivity index (χ1) is 7.23. The molecule has 0 saturated heterocycles. The van der Waals surface area contributed by atoms with Crippen LogP contribution in [0.3, 0.4) is 0 Å². The Hall–Kier alpha value is -0.434. The second-order valence-corrected chi connectivity index (χ2v) is 4.03. The van der Waals surface area contributed by atoms with E-state index >= 15 is 0 Å². The number of benzene rings is 1. The van der Waals surface area contributed by atoms with Crippen LogP contribution in [0.1, 0.15) is 0 Å². The normalized spacial score (nSPS) is 10.4. The second-order valence-electron chi connectivity index (χ2n) is 2.64. The average Bonchev–Trinajstić information content (AvgIpc) is 2.15. The Morgan fingerprint density at radius 1 is 1.12 bits per heavy atom. The zero-order valence-corrected chi connectivity index (χ0v) is 12.4. The summed E-state index contributed by atoms with van der Waals surface area (Å²) in [5, 5.41) is 20.8. The first-order valence-corrected chi connectivity index (χ1v) is 5.08. The van der Waals surface area contributed by atoms with Crippen molar-refractivity contribution in [3.05, 3.63) is 38.4 Å². The van der Waals surface area contributed by atoms with Gasteiger partial charge in [-0.25, -0.2) is 0 Å². The van der Waals surface area contributed by atoms with Crippen LogP contribution < -0.4 is 51.4 Å². The van der Waals surface area contributed by atoms with Crippen LogP contribution in [-0.4, -0.2) is 22.8 Å². The Balaban J connectivity index is 0.00000256. The van der Waals surface area contributed by atoms with Crippen molar-refractivity contribution in [3.8, 4) is 0 Å². The van der Waals surface area contributed by atoms with Crippen LogP contribution in [-0.2, 0) is 10.1 Å². The van der Waals surface area contributed by atoms with E-state index in [0.717, 1.165) is 6.07 Å². The minimum atomic E-state index is -4.79. The van der Waals surface area contributed by atoms with E-state index in [1.165, 1.54) is 0 Å². The van der Waals surface area contributed by atoms with E-state index in [1.54, 1.807) is 0 Å². The van der Waals surface area contributed by atoms with Crippen molar-refractivity contribution < 1.29 is 74.2 Å². The minimum absolute atomic E-state index is 0. The summed E-state index contributed by atoms with van der Waals surface area (Å²) < 4.78 is 30.1.